The third-order valence-corrected chi connectivity index (χ3v) is 8.25. The second-order valence-electron chi connectivity index (χ2n) is 10.7. The number of alkyl halides is 3. The molecule has 1 atom stereocenters. The average molecular weight is 638 g/mol. The Morgan fingerprint density at radius 1 is 0.977 bits per heavy atom. The maximum atomic E-state index is 14.1. The van der Waals surface area contributed by atoms with Crippen LogP contribution >= 0.6 is 11.6 Å². The zero-order valence-corrected chi connectivity index (χ0v) is 25.9. The van der Waals surface area contributed by atoms with E-state index in [1.807, 2.05) is 51.1 Å². The number of rotatable bonds is 12. The lowest BCUT2D eigenvalue weighted by Gasteiger charge is -2.34. The second-order valence-corrected chi connectivity index (χ2v) is 13.0. The quantitative estimate of drug-likeness (QED) is 0.270. The highest BCUT2D eigenvalue weighted by molar-refractivity contribution is 7.92. The number of nitrogens with one attached hydrogen (secondary N) is 1. The molecule has 3 aromatic rings. The molecule has 0 unspecified atom stereocenters. The molecule has 0 aliphatic carbocycles. The highest BCUT2D eigenvalue weighted by Crippen LogP contribution is 2.37. The van der Waals surface area contributed by atoms with Gasteiger partial charge in [-0.25, -0.2) is 8.42 Å². The smallest absolute Gasteiger partial charge is 0.354 e. The van der Waals surface area contributed by atoms with Gasteiger partial charge in [-0.1, -0.05) is 80.0 Å². The van der Waals surface area contributed by atoms with Gasteiger partial charge in [0, 0.05) is 19.5 Å². The first-order valence-electron chi connectivity index (χ1n) is 13.6. The van der Waals surface area contributed by atoms with Crippen molar-refractivity contribution in [3.05, 3.63) is 100 Å². The molecule has 43 heavy (non-hydrogen) atoms. The molecule has 0 bridgehead atoms. The van der Waals surface area contributed by atoms with Gasteiger partial charge >= 0.3 is 6.18 Å². The minimum atomic E-state index is -4.85. The Morgan fingerprint density at radius 2 is 1.60 bits per heavy atom. The van der Waals surface area contributed by atoms with E-state index in [-0.39, 0.29) is 24.6 Å². The van der Waals surface area contributed by atoms with Crippen LogP contribution in [0.5, 0.6) is 0 Å². The van der Waals surface area contributed by atoms with Crippen molar-refractivity contribution in [3.63, 3.8) is 0 Å². The lowest BCUT2D eigenvalue weighted by Crippen LogP contribution is -2.53. The van der Waals surface area contributed by atoms with E-state index in [0.717, 1.165) is 35.1 Å². The van der Waals surface area contributed by atoms with Crippen molar-refractivity contribution in [3.8, 4) is 0 Å². The fourth-order valence-corrected chi connectivity index (χ4v) is 5.51. The molecular formula is C31H35ClF3N3O4S. The van der Waals surface area contributed by atoms with Crippen molar-refractivity contribution in [2.75, 3.05) is 23.7 Å². The van der Waals surface area contributed by atoms with E-state index in [1.165, 1.54) is 4.90 Å². The topological polar surface area (TPSA) is 86.8 Å². The summed E-state index contributed by atoms with van der Waals surface area (Å²) in [5, 5.41) is 2.27. The van der Waals surface area contributed by atoms with Crippen molar-refractivity contribution in [2.45, 2.75) is 46.0 Å². The Labute approximate surface area is 255 Å². The molecule has 3 rings (SSSR count). The highest BCUT2D eigenvalue weighted by atomic mass is 35.5. The van der Waals surface area contributed by atoms with Gasteiger partial charge in [-0.3, -0.25) is 13.9 Å². The number of halogens is 4. The van der Waals surface area contributed by atoms with Gasteiger partial charge in [0.15, 0.2) is 0 Å². The molecule has 1 N–H and O–H groups in total. The second kappa shape index (κ2) is 14.3. The Kier molecular flexibility index (Phi) is 11.3. The maximum absolute atomic E-state index is 14.1. The highest BCUT2D eigenvalue weighted by Gasteiger charge is 2.36. The van der Waals surface area contributed by atoms with Crippen molar-refractivity contribution >= 4 is 39.1 Å². The van der Waals surface area contributed by atoms with Gasteiger partial charge in [-0.2, -0.15) is 13.2 Å². The minimum Gasteiger partial charge on any atom is -0.354 e. The summed E-state index contributed by atoms with van der Waals surface area (Å²) in [5.41, 5.74) is 0.713. The Bertz CT molecular complexity index is 1530. The van der Waals surface area contributed by atoms with E-state index >= 15 is 0 Å². The molecule has 0 radical (unpaired) electrons. The lowest BCUT2D eigenvalue weighted by molar-refractivity contribution is -0.140. The Hall–Kier alpha value is -3.57. The van der Waals surface area contributed by atoms with Crippen LogP contribution in [0.1, 0.15) is 36.1 Å². The Balaban J connectivity index is 2.10. The molecule has 12 heteroatoms. The van der Waals surface area contributed by atoms with E-state index < -0.39 is 51.2 Å². The van der Waals surface area contributed by atoms with E-state index in [9.17, 15) is 31.2 Å². The molecular weight excluding hydrogens is 603 g/mol. The number of anilines is 1. The molecule has 0 saturated heterocycles. The minimum absolute atomic E-state index is 0.0376. The summed E-state index contributed by atoms with van der Waals surface area (Å²) in [6.45, 7) is 5.16. The molecule has 3 aromatic carbocycles. The van der Waals surface area contributed by atoms with E-state index in [0.29, 0.717) is 16.9 Å². The molecule has 0 spiro atoms. The number of hydrogen-bond acceptors (Lipinski definition) is 4. The third kappa shape index (κ3) is 9.46. The zero-order valence-electron chi connectivity index (χ0n) is 24.4. The van der Waals surface area contributed by atoms with Gasteiger partial charge in [0.2, 0.25) is 21.8 Å². The molecule has 2 amide bonds. The van der Waals surface area contributed by atoms with Crippen LogP contribution in [0.25, 0.3) is 0 Å². The van der Waals surface area contributed by atoms with Crippen LogP contribution in [0, 0.1) is 12.8 Å². The SMILES string of the molecule is Cc1ccccc1CN(C(=O)CN(c1ccc(Cl)c(C(F)(F)F)c1)S(C)(=O)=O)[C@@H](Cc1ccccc1)C(=O)NCC(C)C. The van der Waals surface area contributed by atoms with Gasteiger partial charge in [0.1, 0.15) is 12.6 Å². The van der Waals surface area contributed by atoms with E-state index in [1.54, 1.807) is 24.3 Å². The van der Waals surface area contributed by atoms with Crippen LogP contribution in [-0.4, -0.2) is 50.5 Å². The summed E-state index contributed by atoms with van der Waals surface area (Å²) in [6, 6.07) is 17.9. The Morgan fingerprint density at radius 3 is 2.19 bits per heavy atom. The average Bonchev–Trinajstić information content (AvgIpc) is 2.93. The first-order chi connectivity index (χ1) is 20.1. The van der Waals surface area contributed by atoms with Gasteiger partial charge in [-0.05, 0) is 47.7 Å². The maximum Gasteiger partial charge on any atom is 0.417 e. The molecule has 0 fully saturated rings. The molecule has 232 valence electrons. The van der Waals surface area contributed by atoms with Gasteiger partial charge in [0.25, 0.3) is 0 Å². The number of sulfonamides is 1. The van der Waals surface area contributed by atoms with Crippen LogP contribution in [-0.2, 0) is 38.8 Å². The summed E-state index contributed by atoms with van der Waals surface area (Å²) in [5.74, 6) is -1.08. The predicted octanol–water partition coefficient (Wildman–Crippen LogP) is 5.85. The fraction of sp³-hybridized carbons (Fsp3) is 0.355. The number of hydrogen-bond donors (Lipinski definition) is 1. The summed E-state index contributed by atoms with van der Waals surface area (Å²) < 4.78 is 67.2. The monoisotopic (exact) mass is 637 g/mol. The van der Waals surface area contributed by atoms with Crippen LogP contribution in [0.3, 0.4) is 0 Å². The van der Waals surface area contributed by atoms with Crippen LogP contribution in [0.4, 0.5) is 18.9 Å². The third-order valence-electron chi connectivity index (χ3n) is 6.78. The number of carbonyl (C=O) groups excluding carboxylic acids is 2. The van der Waals surface area contributed by atoms with Crippen LogP contribution in [0.2, 0.25) is 5.02 Å². The zero-order chi connectivity index (χ0) is 31.9. The predicted molar refractivity (Wildman–Crippen MR) is 162 cm³/mol. The van der Waals surface area contributed by atoms with Gasteiger partial charge in [0.05, 0.1) is 22.5 Å². The van der Waals surface area contributed by atoms with E-state index in [2.05, 4.69) is 5.32 Å². The molecule has 7 nitrogen and oxygen atoms in total. The van der Waals surface area contributed by atoms with Crippen molar-refractivity contribution in [1.82, 2.24) is 10.2 Å². The standard InChI is InChI=1S/C31H35ClF3N3O4S/c1-21(2)18-36-30(40)28(16-23-11-6-5-7-12-23)37(19-24-13-9-8-10-22(24)3)29(39)20-38(43(4,41)42)25-14-15-27(32)26(17-25)31(33,34)35/h5-15,17,21,28H,16,18-20H2,1-4H3,(H,36,40)/t28-/m0/s1. The summed E-state index contributed by atoms with van der Waals surface area (Å²) in [4.78, 5) is 29.0. The van der Waals surface area contributed by atoms with Crippen molar-refractivity contribution in [1.29, 1.82) is 0 Å². The number of nitrogens with zero attached hydrogens (tertiary/aromatic N) is 2. The summed E-state index contributed by atoms with van der Waals surface area (Å²) in [6.07, 6.45) is -3.93. The number of benzene rings is 3. The normalized spacial score (nSPS) is 12.6. The molecule has 0 heterocycles. The number of carbonyl (C=O) groups is 2. The van der Waals surface area contributed by atoms with Crippen LogP contribution in [0.15, 0.2) is 72.8 Å². The molecule has 0 aliphatic rings. The first kappa shape index (κ1) is 33.9. The number of amides is 2. The van der Waals surface area contributed by atoms with Gasteiger partial charge < -0.3 is 10.2 Å². The fourth-order valence-electron chi connectivity index (χ4n) is 4.45. The molecule has 0 aromatic heterocycles. The van der Waals surface area contributed by atoms with Crippen molar-refractivity contribution in [2.24, 2.45) is 5.92 Å². The molecule has 0 aliphatic heterocycles. The summed E-state index contributed by atoms with van der Waals surface area (Å²) in [7, 11) is -4.25. The first-order valence-corrected chi connectivity index (χ1v) is 15.8. The molecule has 0 saturated carbocycles. The lowest BCUT2D eigenvalue weighted by atomic mass is 10.0. The van der Waals surface area contributed by atoms with Crippen molar-refractivity contribution < 1.29 is 31.2 Å². The van der Waals surface area contributed by atoms with Gasteiger partial charge in [-0.15, -0.1) is 0 Å². The van der Waals surface area contributed by atoms with Crippen LogP contribution < -0.4 is 9.62 Å². The summed E-state index contributed by atoms with van der Waals surface area (Å²) >= 11 is 5.76. The van der Waals surface area contributed by atoms with E-state index in [4.69, 9.17) is 11.6 Å². The largest absolute Gasteiger partial charge is 0.417 e. The number of aryl methyl sites for hydroxylation is 1.